The van der Waals surface area contributed by atoms with Gasteiger partial charge in [-0.1, -0.05) is 35.0 Å². The Balaban J connectivity index is 1.09. The van der Waals surface area contributed by atoms with E-state index in [-0.39, 0.29) is 11.8 Å². The first kappa shape index (κ1) is 31.2. The lowest BCUT2D eigenvalue weighted by Gasteiger charge is -2.36. The Kier molecular flexibility index (Phi) is 8.16. The van der Waals surface area contributed by atoms with Crippen LogP contribution in [0.1, 0.15) is 26.4 Å². The second-order valence-electron chi connectivity index (χ2n) is 12.3. The van der Waals surface area contributed by atoms with Crippen molar-refractivity contribution < 1.29 is 18.8 Å². The first-order chi connectivity index (χ1) is 24.4. The Morgan fingerprint density at radius 2 is 1.68 bits per heavy atom. The van der Waals surface area contributed by atoms with Crippen molar-refractivity contribution in [1.82, 2.24) is 39.4 Å². The fourth-order valence-electron chi connectivity index (χ4n) is 6.42. The molecule has 0 spiro atoms. The van der Waals surface area contributed by atoms with Crippen LogP contribution in [-0.2, 0) is 11.8 Å². The van der Waals surface area contributed by atoms with Crippen molar-refractivity contribution in [2.24, 2.45) is 7.05 Å². The van der Waals surface area contributed by atoms with Gasteiger partial charge in [0, 0.05) is 69.7 Å². The van der Waals surface area contributed by atoms with Crippen LogP contribution in [0.4, 0.5) is 17.5 Å². The normalized spacial score (nSPS) is 15.1. The average Bonchev–Trinajstić information content (AvgIpc) is 3.91. The number of aryl methyl sites for hydroxylation is 2. The number of benzene rings is 1. The average molecular weight is 674 g/mol. The minimum absolute atomic E-state index is 0.152. The number of hydrogen-bond donors (Lipinski definition) is 1. The molecule has 8 rings (SSSR count). The summed E-state index contributed by atoms with van der Waals surface area (Å²) in [6.07, 6.45) is 4.75. The molecule has 1 aromatic carbocycles. The minimum atomic E-state index is -0.289. The second-order valence-corrected chi connectivity index (χ2v) is 12.3. The lowest BCUT2D eigenvalue weighted by Crippen LogP contribution is -2.49. The van der Waals surface area contributed by atoms with Crippen molar-refractivity contribution in [3.05, 3.63) is 90.1 Å². The van der Waals surface area contributed by atoms with Crippen molar-refractivity contribution in [1.29, 1.82) is 0 Å². The molecule has 0 aliphatic carbocycles. The summed E-state index contributed by atoms with van der Waals surface area (Å²) >= 11 is 0. The van der Waals surface area contributed by atoms with Gasteiger partial charge in [-0.3, -0.25) is 14.3 Å². The zero-order valence-corrected chi connectivity index (χ0v) is 27.7. The van der Waals surface area contributed by atoms with Gasteiger partial charge in [-0.05, 0) is 31.2 Å². The summed E-state index contributed by atoms with van der Waals surface area (Å²) in [5, 5.41) is 16.7. The molecule has 1 N–H and O–H groups in total. The number of amides is 2. The molecule has 2 saturated heterocycles. The first-order valence-electron chi connectivity index (χ1n) is 16.5. The van der Waals surface area contributed by atoms with E-state index in [0.717, 1.165) is 47.1 Å². The molecule has 2 amide bonds. The lowest BCUT2D eigenvalue weighted by atomic mass is 10.0. The zero-order chi connectivity index (χ0) is 34.2. The lowest BCUT2D eigenvalue weighted by molar-refractivity contribution is 0.0735. The number of nitrogens with one attached hydrogen (secondary N) is 1. The van der Waals surface area contributed by atoms with Crippen LogP contribution in [0.5, 0.6) is 0 Å². The number of piperazine rings is 1. The summed E-state index contributed by atoms with van der Waals surface area (Å²) < 4.78 is 13.9. The number of carbonyl (C=O) groups excluding carboxylic acids is 2. The number of carbonyl (C=O) groups is 2. The Labute approximate surface area is 287 Å². The van der Waals surface area contributed by atoms with Crippen LogP contribution in [0, 0.1) is 6.92 Å². The van der Waals surface area contributed by atoms with E-state index in [2.05, 4.69) is 61.4 Å². The SMILES string of the molecule is Cc1ccc(-c2nn(C)c(N3CCN(C(=O)c4ccon4)CC3)c2-c2ccc3nc(NC(=O)c4ccnc(N5CCOCC5)c4)cn3n2)cc1. The molecule has 6 aromatic rings. The number of pyridine rings is 1. The predicted octanol–water partition coefficient (Wildman–Crippen LogP) is 3.54. The van der Waals surface area contributed by atoms with Crippen molar-refractivity contribution in [3.8, 4) is 22.5 Å². The zero-order valence-electron chi connectivity index (χ0n) is 27.7. The standard InChI is InChI=1S/C35H35N11O4/c1-23-3-5-24(6-4-23)32-31(34(42(2)40-32)44-12-14-45(15-13-44)35(48)27-10-18-50-41-27)26-7-8-29-37-28(22-46(29)39-26)38-33(47)25-9-11-36-30(21-25)43-16-19-49-20-17-43/h3-11,18,21-22H,12-17,19-20H2,1-2H3,(H,38,47). The molecule has 2 aliphatic rings. The number of nitrogens with zero attached hydrogens (tertiary/aromatic N) is 10. The Hall–Kier alpha value is -6.09. The summed E-state index contributed by atoms with van der Waals surface area (Å²) in [6, 6.07) is 17.1. The third-order valence-corrected chi connectivity index (χ3v) is 9.03. The minimum Gasteiger partial charge on any atom is -0.378 e. The fraction of sp³-hybridized carbons (Fsp3) is 0.286. The summed E-state index contributed by atoms with van der Waals surface area (Å²) in [7, 11) is 1.93. The molecule has 0 unspecified atom stereocenters. The van der Waals surface area contributed by atoms with E-state index in [1.54, 1.807) is 40.0 Å². The number of ether oxygens (including phenoxy) is 1. The number of aromatic nitrogens is 7. The molecule has 7 heterocycles. The van der Waals surface area contributed by atoms with Gasteiger partial charge < -0.3 is 29.3 Å². The van der Waals surface area contributed by atoms with Gasteiger partial charge >= 0.3 is 0 Å². The fourth-order valence-corrected chi connectivity index (χ4v) is 6.42. The number of hydrogen-bond acceptors (Lipinski definition) is 11. The molecule has 254 valence electrons. The molecule has 0 bridgehead atoms. The number of fused-ring (bicyclic) bond motifs is 1. The molecular formula is C35H35N11O4. The first-order valence-corrected chi connectivity index (χ1v) is 16.5. The topological polar surface area (TPSA) is 152 Å². The largest absolute Gasteiger partial charge is 0.378 e. The molecule has 5 aromatic heterocycles. The van der Waals surface area contributed by atoms with Crippen molar-refractivity contribution in [2.75, 3.05) is 67.6 Å². The quantitative estimate of drug-likeness (QED) is 0.265. The van der Waals surface area contributed by atoms with Gasteiger partial charge in [-0.15, -0.1) is 0 Å². The third-order valence-electron chi connectivity index (χ3n) is 9.03. The van der Waals surface area contributed by atoms with Crippen LogP contribution in [0.3, 0.4) is 0 Å². The predicted molar refractivity (Wildman–Crippen MR) is 185 cm³/mol. The summed E-state index contributed by atoms with van der Waals surface area (Å²) in [5.41, 5.74) is 5.81. The molecule has 0 radical (unpaired) electrons. The van der Waals surface area contributed by atoms with Gasteiger partial charge in [0.05, 0.1) is 30.7 Å². The van der Waals surface area contributed by atoms with Crippen molar-refractivity contribution in [3.63, 3.8) is 0 Å². The van der Waals surface area contributed by atoms with Crippen LogP contribution in [-0.4, -0.2) is 104 Å². The van der Waals surface area contributed by atoms with Gasteiger partial charge in [0.1, 0.15) is 23.6 Å². The maximum atomic E-state index is 13.3. The van der Waals surface area contributed by atoms with Crippen LogP contribution in [0.2, 0.25) is 0 Å². The van der Waals surface area contributed by atoms with E-state index in [0.29, 0.717) is 67.8 Å². The van der Waals surface area contributed by atoms with Gasteiger partial charge in [-0.25, -0.2) is 14.5 Å². The van der Waals surface area contributed by atoms with E-state index in [1.165, 1.54) is 6.26 Å². The van der Waals surface area contributed by atoms with Gasteiger partial charge in [0.15, 0.2) is 17.2 Å². The highest BCUT2D eigenvalue weighted by molar-refractivity contribution is 6.04. The molecule has 0 saturated carbocycles. The maximum absolute atomic E-state index is 13.3. The molecule has 15 heteroatoms. The Morgan fingerprint density at radius 3 is 2.44 bits per heavy atom. The third kappa shape index (κ3) is 6.02. The summed E-state index contributed by atoms with van der Waals surface area (Å²) in [6.45, 7) is 6.97. The highest BCUT2D eigenvalue weighted by Gasteiger charge is 2.30. The smallest absolute Gasteiger partial charge is 0.276 e. The Morgan fingerprint density at radius 1 is 0.880 bits per heavy atom. The summed E-state index contributed by atoms with van der Waals surface area (Å²) in [5.74, 6) is 1.57. The van der Waals surface area contributed by atoms with Crippen LogP contribution in [0.15, 0.2) is 77.8 Å². The van der Waals surface area contributed by atoms with Crippen molar-refractivity contribution in [2.45, 2.75) is 6.92 Å². The van der Waals surface area contributed by atoms with Gasteiger partial charge in [0.25, 0.3) is 11.8 Å². The molecule has 0 atom stereocenters. The Bertz CT molecular complexity index is 2160. The number of morpholine rings is 1. The number of rotatable bonds is 7. The van der Waals surface area contributed by atoms with Crippen LogP contribution >= 0.6 is 0 Å². The van der Waals surface area contributed by atoms with E-state index in [1.807, 2.05) is 23.9 Å². The molecule has 2 aliphatic heterocycles. The molecule has 2 fully saturated rings. The highest BCUT2D eigenvalue weighted by Crippen LogP contribution is 2.39. The molecular weight excluding hydrogens is 638 g/mol. The monoisotopic (exact) mass is 673 g/mol. The highest BCUT2D eigenvalue weighted by atomic mass is 16.5. The van der Waals surface area contributed by atoms with Gasteiger partial charge in [-0.2, -0.15) is 10.2 Å². The van der Waals surface area contributed by atoms with Crippen LogP contribution < -0.4 is 15.1 Å². The molecule has 15 nitrogen and oxygen atoms in total. The van der Waals surface area contributed by atoms with Gasteiger partial charge in [0.2, 0.25) is 0 Å². The summed E-state index contributed by atoms with van der Waals surface area (Å²) in [4.78, 5) is 41.4. The van der Waals surface area contributed by atoms with Crippen molar-refractivity contribution >= 4 is 34.9 Å². The van der Waals surface area contributed by atoms with Crippen LogP contribution in [0.25, 0.3) is 28.2 Å². The van der Waals surface area contributed by atoms with E-state index in [9.17, 15) is 9.59 Å². The van der Waals surface area contributed by atoms with E-state index in [4.69, 9.17) is 19.5 Å². The number of anilines is 3. The molecule has 50 heavy (non-hydrogen) atoms. The number of imidazole rings is 1. The van der Waals surface area contributed by atoms with E-state index >= 15 is 0 Å². The van der Waals surface area contributed by atoms with E-state index < -0.39 is 0 Å². The second kappa shape index (κ2) is 13.1. The maximum Gasteiger partial charge on any atom is 0.276 e.